The van der Waals surface area contributed by atoms with E-state index in [9.17, 15) is 4.79 Å². The van der Waals surface area contributed by atoms with Gasteiger partial charge in [-0.1, -0.05) is 23.7 Å². The molecule has 0 bridgehead atoms. The van der Waals surface area contributed by atoms with Crippen LogP contribution in [0.25, 0.3) is 0 Å². The number of hydrogen-bond donors (Lipinski definition) is 2. The number of nitriles is 1. The van der Waals surface area contributed by atoms with Crippen LogP contribution in [-0.2, 0) is 0 Å². The molecule has 2 aromatic carbocycles. The minimum Gasteiger partial charge on any atom is -0.399 e. The molecule has 21 heavy (non-hydrogen) atoms. The van der Waals surface area contributed by atoms with Crippen LogP contribution in [0.4, 0.5) is 5.69 Å². The average molecular weight is 300 g/mol. The summed E-state index contributed by atoms with van der Waals surface area (Å²) in [5.74, 6) is -0.249. The van der Waals surface area contributed by atoms with Gasteiger partial charge in [0, 0.05) is 16.3 Å². The summed E-state index contributed by atoms with van der Waals surface area (Å²) >= 11 is 5.89. The molecule has 5 heteroatoms. The Morgan fingerprint density at radius 2 is 1.95 bits per heavy atom. The number of halogens is 1. The number of anilines is 1. The minimum absolute atomic E-state index is 0.189. The molecule has 0 spiro atoms. The molecule has 0 aliphatic carbocycles. The van der Waals surface area contributed by atoms with Gasteiger partial charge in [-0.3, -0.25) is 4.79 Å². The summed E-state index contributed by atoms with van der Waals surface area (Å²) in [7, 11) is 0. The lowest BCUT2D eigenvalue weighted by Gasteiger charge is -2.15. The third-order valence-corrected chi connectivity index (χ3v) is 3.29. The van der Waals surface area contributed by atoms with Gasteiger partial charge < -0.3 is 11.1 Å². The van der Waals surface area contributed by atoms with Crippen molar-refractivity contribution >= 4 is 23.2 Å². The smallest absolute Gasteiger partial charge is 0.251 e. The molecule has 0 fully saturated rings. The Bertz CT molecular complexity index is 684. The highest BCUT2D eigenvalue weighted by Gasteiger charge is 2.12. The second-order valence-electron chi connectivity index (χ2n) is 4.70. The number of rotatable bonds is 3. The number of nitrogens with zero attached hydrogens (tertiary/aromatic N) is 1. The Labute approximate surface area is 128 Å². The standard InChI is InChI=1S/C16H14ClN3O/c1-10(12-4-2-11(9-18)3-5-12)20-16(21)13-6-14(17)8-15(19)7-13/h2-8,10H,19H2,1H3,(H,20,21). The second kappa shape index (κ2) is 6.29. The summed E-state index contributed by atoms with van der Waals surface area (Å²) in [6.07, 6.45) is 0. The van der Waals surface area contributed by atoms with Gasteiger partial charge in [-0.05, 0) is 42.8 Å². The van der Waals surface area contributed by atoms with Crippen molar-refractivity contribution in [2.75, 3.05) is 5.73 Å². The van der Waals surface area contributed by atoms with Crippen molar-refractivity contribution in [2.45, 2.75) is 13.0 Å². The van der Waals surface area contributed by atoms with E-state index in [1.165, 1.54) is 0 Å². The van der Waals surface area contributed by atoms with Gasteiger partial charge in [-0.25, -0.2) is 0 Å². The molecule has 3 N–H and O–H groups in total. The lowest BCUT2D eigenvalue weighted by molar-refractivity contribution is 0.0940. The zero-order valence-corrected chi connectivity index (χ0v) is 12.2. The molecular formula is C16H14ClN3O. The maximum Gasteiger partial charge on any atom is 0.251 e. The van der Waals surface area contributed by atoms with Crippen LogP contribution in [0.5, 0.6) is 0 Å². The molecular weight excluding hydrogens is 286 g/mol. The highest BCUT2D eigenvalue weighted by atomic mass is 35.5. The maximum absolute atomic E-state index is 12.2. The topological polar surface area (TPSA) is 78.9 Å². The van der Waals surface area contributed by atoms with Crippen molar-refractivity contribution in [1.29, 1.82) is 5.26 Å². The van der Waals surface area contributed by atoms with Gasteiger partial charge in [0.15, 0.2) is 0 Å². The molecule has 2 rings (SSSR count). The van der Waals surface area contributed by atoms with E-state index in [2.05, 4.69) is 11.4 Å². The van der Waals surface area contributed by atoms with Gasteiger partial charge in [0.05, 0.1) is 17.7 Å². The first-order valence-electron chi connectivity index (χ1n) is 6.36. The number of nitrogen functional groups attached to an aromatic ring is 1. The number of carbonyl (C=O) groups excluding carboxylic acids is 1. The molecule has 106 valence electrons. The summed E-state index contributed by atoms with van der Waals surface area (Å²) < 4.78 is 0. The molecule has 0 aliphatic heterocycles. The van der Waals surface area contributed by atoms with Crippen LogP contribution >= 0.6 is 11.6 Å². The molecule has 0 heterocycles. The first kappa shape index (κ1) is 14.9. The molecule has 0 radical (unpaired) electrons. The molecule has 2 aromatic rings. The zero-order chi connectivity index (χ0) is 15.4. The minimum atomic E-state index is -0.249. The fourth-order valence-electron chi connectivity index (χ4n) is 1.95. The zero-order valence-electron chi connectivity index (χ0n) is 11.4. The monoisotopic (exact) mass is 299 g/mol. The Kier molecular flexibility index (Phi) is 4.46. The van der Waals surface area contributed by atoms with Crippen LogP contribution in [0.2, 0.25) is 5.02 Å². The number of nitrogens with two attached hydrogens (primary N) is 1. The molecule has 0 aliphatic rings. The maximum atomic E-state index is 12.2. The van der Waals surface area contributed by atoms with E-state index >= 15 is 0 Å². The molecule has 1 unspecified atom stereocenters. The van der Waals surface area contributed by atoms with Crippen molar-refractivity contribution in [2.24, 2.45) is 0 Å². The number of amides is 1. The predicted octanol–water partition coefficient (Wildman–Crippen LogP) is 3.28. The van der Waals surface area contributed by atoms with E-state index in [1.54, 1.807) is 30.3 Å². The lowest BCUT2D eigenvalue weighted by Crippen LogP contribution is -2.26. The van der Waals surface area contributed by atoms with Crippen LogP contribution in [0.15, 0.2) is 42.5 Å². The quantitative estimate of drug-likeness (QED) is 0.854. The van der Waals surface area contributed by atoms with Gasteiger partial charge >= 0.3 is 0 Å². The first-order chi connectivity index (χ1) is 9.99. The van der Waals surface area contributed by atoms with E-state index in [1.807, 2.05) is 19.1 Å². The summed E-state index contributed by atoms with van der Waals surface area (Å²) in [6.45, 7) is 1.87. The summed E-state index contributed by atoms with van der Waals surface area (Å²) in [4.78, 5) is 12.2. The van der Waals surface area contributed by atoms with E-state index in [0.717, 1.165) is 5.56 Å². The van der Waals surface area contributed by atoms with Crippen molar-refractivity contribution < 1.29 is 4.79 Å². The van der Waals surface area contributed by atoms with Crippen molar-refractivity contribution in [3.63, 3.8) is 0 Å². The Morgan fingerprint density at radius 1 is 1.29 bits per heavy atom. The van der Waals surface area contributed by atoms with Gasteiger partial charge in [-0.2, -0.15) is 5.26 Å². The van der Waals surface area contributed by atoms with Gasteiger partial charge in [0.25, 0.3) is 5.91 Å². The normalized spacial score (nSPS) is 11.5. The summed E-state index contributed by atoms with van der Waals surface area (Å²) in [6, 6.07) is 13.7. The van der Waals surface area contributed by atoms with Crippen LogP contribution in [0, 0.1) is 11.3 Å². The van der Waals surface area contributed by atoms with E-state index < -0.39 is 0 Å². The van der Waals surface area contributed by atoms with Crippen molar-refractivity contribution in [3.05, 3.63) is 64.2 Å². The van der Waals surface area contributed by atoms with Crippen LogP contribution in [0.1, 0.15) is 34.5 Å². The molecule has 0 saturated carbocycles. The SMILES string of the molecule is CC(NC(=O)c1cc(N)cc(Cl)c1)c1ccc(C#N)cc1. The third-order valence-electron chi connectivity index (χ3n) is 3.07. The van der Waals surface area contributed by atoms with Gasteiger partial charge in [0.1, 0.15) is 0 Å². The van der Waals surface area contributed by atoms with Gasteiger partial charge in [-0.15, -0.1) is 0 Å². The van der Waals surface area contributed by atoms with Crippen molar-refractivity contribution in [1.82, 2.24) is 5.32 Å². The summed E-state index contributed by atoms with van der Waals surface area (Å²) in [5, 5.41) is 12.1. The Hall–Kier alpha value is -2.51. The van der Waals surface area contributed by atoms with E-state index in [-0.39, 0.29) is 11.9 Å². The first-order valence-corrected chi connectivity index (χ1v) is 6.74. The third kappa shape index (κ3) is 3.74. The number of carbonyl (C=O) groups is 1. The molecule has 4 nitrogen and oxygen atoms in total. The molecule has 0 saturated heterocycles. The van der Waals surface area contributed by atoms with Crippen LogP contribution in [-0.4, -0.2) is 5.91 Å². The number of hydrogen-bond acceptors (Lipinski definition) is 3. The molecule has 1 atom stereocenters. The number of nitrogens with one attached hydrogen (secondary N) is 1. The number of benzene rings is 2. The highest BCUT2D eigenvalue weighted by Crippen LogP contribution is 2.18. The van der Waals surface area contributed by atoms with Crippen molar-refractivity contribution in [3.8, 4) is 6.07 Å². The Balaban J connectivity index is 2.12. The summed E-state index contributed by atoms with van der Waals surface area (Å²) in [5.41, 5.74) is 8.03. The largest absolute Gasteiger partial charge is 0.399 e. The van der Waals surface area contributed by atoms with E-state index in [4.69, 9.17) is 22.6 Å². The predicted molar refractivity (Wildman–Crippen MR) is 82.9 cm³/mol. The molecule has 1 amide bonds. The second-order valence-corrected chi connectivity index (χ2v) is 5.14. The Morgan fingerprint density at radius 3 is 2.52 bits per heavy atom. The fraction of sp³-hybridized carbons (Fsp3) is 0.125. The highest BCUT2D eigenvalue weighted by molar-refractivity contribution is 6.31. The van der Waals surface area contributed by atoms with Crippen LogP contribution in [0.3, 0.4) is 0 Å². The average Bonchev–Trinajstić information content (AvgIpc) is 2.46. The fourth-order valence-corrected chi connectivity index (χ4v) is 2.20. The lowest BCUT2D eigenvalue weighted by atomic mass is 10.1. The molecule has 0 aromatic heterocycles. The van der Waals surface area contributed by atoms with Gasteiger partial charge in [0.2, 0.25) is 0 Å². The van der Waals surface area contributed by atoms with Crippen LogP contribution < -0.4 is 11.1 Å². The van der Waals surface area contributed by atoms with E-state index in [0.29, 0.717) is 21.8 Å².